The zero-order valence-corrected chi connectivity index (χ0v) is 17.4. The lowest BCUT2D eigenvalue weighted by molar-refractivity contribution is 0.0950. The summed E-state index contributed by atoms with van der Waals surface area (Å²) in [6.45, 7) is 3.42. The Bertz CT molecular complexity index is 1140. The molecule has 2 heterocycles. The topological polar surface area (TPSA) is 64.7 Å². The predicted molar refractivity (Wildman–Crippen MR) is 116 cm³/mol. The first-order valence-electron chi connectivity index (χ1n) is 9.69. The van der Waals surface area contributed by atoms with Gasteiger partial charge in [-0.2, -0.15) is 5.10 Å². The average Bonchev–Trinajstić information content (AvgIpc) is 3.36. The van der Waals surface area contributed by atoms with Gasteiger partial charge in [-0.05, 0) is 23.6 Å². The van der Waals surface area contributed by atoms with Gasteiger partial charge in [0, 0.05) is 25.5 Å². The number of halogens is 1. The molecule has 6 nitrogen and oxygen atoms in total. The number of rotatable bonds is 7. The number of carbonyl (C=O) groups excluding carboxylic acids is 1. The Balaban J connectivity index is 1.47. The van der Waals surface area contributed by atoms with E-state index in [-0.39, 0.29) is 5.91 Å². The molecule has 0 bridgehead atoms. The summed E-state index contributed by atoms with van der Waals surface area (Å²) in [4.78, 5) is 17.0. The van der Waals surface area contributed by atoms with Crippen molar-refractivity contribution in [2.24, 2.45) is 0 Å². The summed E-state index contributed by atoms with van der Waals surface area (Å²) in [5.41, 5.74) is 4.27. The molecule has 0 saturated carbocycles. The van der Waals surface area contributed by atoms with Crippen LogP contribution in [0.3, 0.4) is 0 Å². The zero-order valence-electron chi connectivity index (χ0n) is 16.6. The quantitative estimate of drug-likeness (QED) is 0.491. The van der Waals surface area contributed by atoms with Crippen LogP contribution in [-0.2, 0) is 19.6 Å². The van der Waals surface area contributed by atoms with Gasteiger partial charge >= 0.3 is 0 Å². The van der Waals surface area contributed by atoms with Crippen molar-refractivity contribution >= 4 is 17.5 Å². The molecule has 0 aliphatic heterocycles. The number of carbonyl (C=O) groups is 1. The summed E-state index contributed by atoms with van der Waals surface area (Å²) >= 11 is 6.51. The first-order valence-corrected chi connectivity index (χ1v) is 10.1. The van der Waals surface area contributed by atoms with Crippen LogP contribution in [0.4, 0.5) is 0 Å². The standard InChI is InChI=1S/C23H22ClN5O/c1-17-21(22(24)29(27-17)14-18-7-3-2-4-8-18)23(30)26-13-19-9-5-6-10-20(19)15-28-12-11-25-16-28/h2-12,16H,13-15H2,1H3,(H,26,30). The second-order valence-electron chi connectivity index (χ2n) is 7.08. The van der Waals surface area contributed by atoms with Crippen LogP contribution in [0.5, 0.6) is 0 Å². The smallest absolute Gasteiger partial charge is 0.256 e. The maximum absolute atomic E-state index is 12.9. The SMILES string of the molecule is Cc1nn(Cc2ccccc2)c(Cl)c1C(=O)NCc1ccccc1Cn1ccnc1. The van der Waals surface area contributed by atoms with Gasteiger partial charge in [0.2, 0.25) is 0 Å². The van der Waals surface area contributed by atoms with Gasteiger partial charge in [0.25, 0.3) is 5.91 Å². The third kappa shape index (κ3) is 4.44. The van der Waals surface area contributed by atoms with Crippen molar-refractivity contribution in [1.82, 2.24) is 24.6 Å². The van der Waals surface area contributed by atoms with Crippen LogP contribution >= 0.6 is 11.6 Å². The fourth-order valence-electron chi connectivity index (χ4n) is 3.40. The lowest BCUT2D eigenvalue weighted by Crippen LogP contribution is -2.24. The van der Waals surface area contributed by atoms with E-state index in [1.54, 1.807) is 24.1 Å². The molecule has 4 rings (SSSR count). The van der Waals surface area contributed by atoms with Crippen molar-refractivity contribution in [2.75, 3.05) is 0 Å². The molecule has 0 spiro atoms. The first-order chi connectivity index (χ1) is 14.6. The molecule has 1 N–H and O–H groups in total. The maximum Gasteiger partial charge on any atom is 0.256 e. The second-order valence-corrected chi connectivity index (χ2v) is 7.44. The Kier molecular flexibility index (Phi) is 5.95. The van der Waals surface area contributed by atoms with Crippen LogP contribution in [0.2, 0.25) is 5.15 Å². The van der Waals surface area contributed by atoms with E-state index in [0.717, 1.165) is 16.7 Å². The molecule has 4 aromatic rings. The van der Waals surface area contributed by atoms with E-state index in [0.29, 0.717) is 36.0 Å². The summed E-state index contributed by atoms with van der Waals surface area (Å²) in [5.74, 6) is -0.228. The van der Waals surface area contributed by atoms with Crippen molar-refractivity contribution in [3.05, 3.63) is 106 Å². The Morgan fingerprint density at radius 3 is 2.50 bits per heavy atom. The monoisotopic (exact) mass is 419 g/mol. The summed E-state index contributed by atoms with van der Waals surface area (Å²) < 4.78 is 3.66. The maximum atomic E-state index is 12.9. The van der Waals surface area contributed by atoms with Crippen molar-refractivity contribution in [2.45, 2.75) is 26.6 Å². The van der Waals surface area contributed by atoms with Crippen LogP contribution in [0.25, 0.3) is 0 Å². The summed E-state index contributed by atoms with van der Waals surface area (Å²) in [6, 6.07) is 17.9. The highest BCUT2D eigenvalue weighted by atomic mass is 35.5. The highest BCUT2D eigenvalue weighted by Gasteiger charge is 2.20. The molecule has 0 saturated heterocycles. The fraction of sp³-hybridized carbons (Fsp3) is 0.174. The molecule has 0 aliphatic rings. The van der Waals surface area contributed by atoms with Crippen LogP contribution in [0, 0.1) is 6.92 Å². The number of nitrogens with zero attached hydrogens (tertiary/aromatic N) is 4. The van der Waals surface area contributed by atoms with E-state index in [1.807, 2.05) is 59.3 Å². The van der Waals surface area contributed by atoms with Gasteiger partial charge in [-0.1, -0.05) is 66.2 Å². The summed E-state index contributed by atoms with van der Waals surface area (Å²) in [5, 5.41) is 7.80. The lowest BCUT2D eigenvalue weighted by atomic mass is 10.1. The van der Waals surface area contributed by atoms with Crippen molar-refractivity contribution < 1.29 is 4.79 Å². The third-order valence-electron chi connectivity index (χ3n) is 4.94. The predicted octanol–water partition coefficient (Wildman–Crippen LogP) is 4.07. The van der Waals surface area contributed by atoms with E-state index in [4.69, 9.17) is 11.6 Å². The van der Waals surface area contributed by atoms with Gasteiger partial charge in [-0.3, -0.25) is 4.79 Å². The molecule has 152 valence electrons. The largest absolute Gasteiger partial charge is 0.348 e. The number of hydrogen-bond donors (Lipinski definition) is 1. The van der Waals surface area contributed by atoms with Gasteiger partial charge in [-0.15, -0.1) is 0 Å². The number of amides is 1. The molecule has 0 unspecified atom stereocenters. The molecular formula is C23H22ClN5O. The minimum Gasteiger partial charge on any atom is -0.348 e. The molecule has 2 aromatic heterocycles. The molecule has 7 heteroatoms. The number of nitrogens with one attached hydrogen (secondary N) is 1. The summed E-state index contributed by atoms with van der Waals surface area (Å²) in [7, 11) is 0. The summed E-state index contributed by atoms with van der Waals surface area (Å²) in [6.07, 6.45) is 5.45. The second kappa shape index (κ2) is 8.97. The van der Waals surface area contributed by atoms with Gasteiger partial charge in [0.05, 0.1) is 24.1 Å². The molecule has 0 radical (unpaired) electrons. The molecule has 0 fully saturated rings. The zero-order chi connectivity index (χ0) is 20.9. The van der Waals surface area contributed by atoms with Gasteiger partial charge in [0.15, 0.2) is 0 Å². The Labute approximate surface area is 180 Å². The highest BCUT2D eigenvalue weighted by Crippen LogP contribution is 2.21. The number of hydrogen-bond acceptors (Lipinski definition) is 3. The van der Waals surface area contributed by atoms with E-state index >= 15 is 0 Å². The molecule has 0 aliphatic carbocycles. The third-order valence-corrected chi connectivity index (χ3v) is 5.32. The van der Waals surface area contributed by atoms with Crippen molar-refractivity contribution in [3.63, 3.8) is 0 Å². The van der Waals surface area contributed by atoms with Gasteiger partial charge in [0.1, 0.15) is 5.15 Å². The normalized spacial score (nSPS) is 10.9. The molecule has 30 heavy (non-hydrogen) atoms. The lowest BCUT2D eigenvalue weighted by Gasteiger charge is -2.11. The number of aryl methyl sites for hydroxylation is 1. The molecular weight excluding hydrogens is 398 g/mol. The number of aromatic nitrogens is 4. The van der Waals surface area contributed by atoms with Crippen LogP contribution in [0.1, 0.15) is 32.7 Å². The van der Waals surface area contributed by atoms with Gasteiger partial charge < -0.3 is 9.88 Å². The van der Waals surface area contributed by atoms with E-state index in [1.165, 1.54) is 0 Å². The van der Waals surface area contributed by atoms with Crippen molar-refractivity contribution in [3.8, 4) is 0 Å². The fourth-order valence-corrected chi connectivity index (χ4v) is 3.72. The Morgan fingerprint density at radius 1 is 1.03 bits per heavy atom. The minimum atomic E-state index is -0.228. The van der Waals surface area contributed by atoms with E-state index < -0.39 is 0 Å². The molecule has 0 atom stereocenters. The minimum absolute atomic E-state index is 0.228. The van der Waals surface area contributed by atoms with Crippen LogP contribution < -0.4 is 5.32 Å². The van der Waals surface area contributed by atoms with Crippen LogP contribution in [0.15, 0.2) is 73.3 Å². The Hall–Kier alpha value is -3.38. The Morgan fingerprint density at radius 2 is 1.77 bits per heavy atom. The van der Waals surface area contributed by atoms with Crippen LogP contribution in [-0.4, -0.2) is 25.2 Å². The molecule has 2 aromatic carbocycles. The van der Waals surface area contributed by atoms with E-state index in [9.17, 15) is 4.79 Å². The number of imidazole rings is 1. The van der Waals surface area contributed by atoms with E-state index in [2.05, 4.69) is 21.5 Å². The van der Waals surface area contributed by atoms with Gasteiger partial charge in [-0.25, -0.2) is 9.67 Å². The first kappa shape index (κ1) is 19.9. The van der Waals surface area contributed by atoms with Crippen molar-refractivity contribution in [1.29, 1.82) is 0 Å². The number of benzene rings is 2. The highest BCUT2D eigenvalue weighted by molar-refractivity contribution is 6.33. The average molecular weight is 420 g/mol. The molecule has 1 amide bonds.